The highest BCUT2D eigenvalue weighted by Crippen LogP contribution is 2.26. The molecule has 1 aromatic carbocycles. The second-order valence-electron chi connectivity index (χ2n) is 3.86. The first-order chi connectivity index (χ1) is 8.65. The molecule has 0 radical (unpaired) electrons. The van der Waals surface area contributed by atoms with Crippen molar-refractivity contribution in [3.05, 3.63) is 54.3 Å². The van der Waals surface area contributed by atoms with Crippen LogP contribution in [0, 0.1) is 2.88 Å². The molecule has 0 unspecified atom stereocenters. The number of thiophene rings is 1. The van der Waals surface area contributed by atoms with E-state index in [2.05, 4.69) is 43.5 Å². The fourth-order valence-electron chi connectivity index (χ4n) is 1.87. The van der Waals surface area contributed by atoms with E-state index >= 15 is 0 Å². The molecule has 2 aromatic heterocycles. The minimum Gasteiger partial charge on any atom is -0.360 e. The van der Waals surface area contributed by atoms with E-state index < -0.39 is 0 Å². The van der Waals surface area contributed by atoms with E-state index in [1.807, 2.05) is 29.6 Å². The van der Waals surface area contributed by atoms with E-state index in [-0.39, 0.29) is 5.78 Å². The van der Waals surface area contributed by atoms with Crippen LogP contribution in [0.5, 0.6) is 0 Å². The largest absolute Gasteiger partial charge is 0.360 e. The van der Waals surface area contributed by atoms with Crippen LogP contribution in [0.3, 0.4) is 0 Å². The van der Waals surface area contributed by atoms with Crippen molar-refractivity contribution in [1.82, 2.24) is 4.98 Å². The van der Waals surface area contributed by atoms with Gasteiger partial charge in [0.1, 0.15) is 0 Å². The average Bonchev–Trinajstić information content (AvgIpc) is 2.94. The van der Waals surface area contributed by atoms with Gasteiger partial charge in [0.15, 0.2) is 5.78 Å². The SMILES string of the molecule is O=C(c1csc(I)c1)c1c[nH]c2cc(Br)ccc12. The lowest BCUT2D eigenvalue weighted by atomic mass is 10.1. The minimum absolute atomic E-state index is 0.0720. The van der Waals surface area contributed by atoms with Gasteiger partial charge in [0.2, 0.25) is 0 Å². The van der Waals surface area contributed by atoms with Crippen LogP contribution >= 0.6 is 49.9 Å². The number of aromatic amines is 1. The fraction of sp³-hybridized carbons (Fsp3) is 0. The molecular weight excluding hydrogens is 425 g/mol. The first kappa shape index (κ1) is 12.4. The highest BCUT2D eigenvalue weighted by Gasteiger charge is 2.15. The van der Waals surface area contributed by atoms with Gasteiger partial charge in [-0.3, -0.25) is 4.79 Å². The number of ketones is 1. The molecule has 18 heavy (non-hydrogen) atoms. The van der Waals surface area contributed by atoms with Gasteiger partial charge in [0, 0.05) is 38.1 Å². The van der Waals surface area contributed by atoms with E-state index in [1.165, 1.54) is 0 Å². The molecular formula is C13H7BrINOS. The van der Waals surface area contributed by atoms with Crippen LogP contribution < -0.4 is 0 Å². The van der Waals surface area contributed by atoms with Gasteiger partial charge in [-0.25, -0.2) is 0 Å². The lowest BCUT2D eigenvalue weighted by Crippen LogP contribution is -1.97. The molecule has 1 N–H and O–H groups in total. The molecule has 2 nitrogen and oxygen atoms in total. The number of aromatic nitrogens is 1. The summed E-state index contributed by atoms with van der Waals surface area (Å²) in [6.07, 6.45) is 1.78. The summed E-state index contributed by atoms with van der Waals surface area (Å²) < 4.78 is 2.12. The number of halogens is 2. The summed E-state index contributed by atoms with van der Waals surface area (Å²) in [6.45, 7) is 0. The number of carbonyl (C=O) groups is 1. The summed E-state index contributed by atoms with van der Waals surface area (Å²) in [4.78, 5) is 15.5. The molecule has 0 spiro atoms. The Bertz CT molecular complexity index is 746. The van der Waals surface area contributed by atoms with Gasteiger partial charge >= 0.3 is 0 Å². The van der Waals surface area contributed by atoms with Crippen molar-refractivity contribution >= 4 is 66.5 Å². The summed E-state index contributed by atoms with van der Waals surface area (Å²) >= 11 is 7.24. The van der Waals surface area contributed by atoms with E-state index in [9.17, 15) is 4.79 Å². The van der Waals surface area contributed by atoms with Gasteiger partial charge in [-0.15, -0.1) is 11.3 Å². The molecule has 3 aromatic rings. The van der Waals surface area contributed by atoms with E-state index in [0.29, 0.717) is 0 Å². The third kappa shape index (κ3) is 2.15. The van der Waals surface area contributed by atoms with Gasteiger partial charge in [-0.2, -0.15) is 0 Å². The second kappa shape index (κ2) is 4.79. The van der Waals surface area contributed by atoms with Crippen molar-refractivity contribution in [2.24, 2.45) is 0 Å². The number of fused-ring (bicyclic) bond motifs is 1. The molecule has 0 saturated heterocycles. The maximum atomic E-state index is 12.4. The molecule has 0 fully saturated rings. The van der Waals surface area contributed by atoms with E-state index in [4.69, 9.17) is 0 Å². The Morgan fingerprint density at radius 2 is 2.17 bits per heavy atom. The Morgan fingerprint density at radius 1 is 1.33 bits per heavy atom. The second-order valence-corrected chi connectivity index (χ2v) is 7.58. The Labute approximate surface area is 130 Å². The normalized spacial score (nSPS) is 11.0. The van der Waals surface area contributed by atoms with E-state index in [1.54, 1.807) is 17.5 Å². The van der Waals surface area contributed by atoms with Crippen LogP contribution in [0.25, 0.3) is 10.9 Å². The summed E-state index contributed by atoms with van der Waals surface area (Å²) in [5.41, 5.74) is 2.46. The van der Waals surface area contributed by atoms with E-state index in [0.717, 1.165) is 29.4 Å². The first-order valence-corrected chi connectivity index (χ1v) is 7.95. The molecule has 0 atom stereocenters. The summed E-state index contributed by atoms with van der Waals surface area (Å²) in [6, 6.07) is 7.81. The van der Waals surface area contributed by atoms with Crippen molar-refractivity contribution < 1.29 is 4.79 Å². The van der Waals surface area contributed by atoms with Crippen LogP contribution in [-0.4, -0.2) is 10.8 Å². The zero-order valence-corrected chi connectivity index (χ0v) is 13.6. The summed E-state index contributed by atoms with van der Waals surface area (Å²) in [5, 5.41) is 2.87. The van der Waals surface area contributed by atoms with Crippen LogP contribution in [0.2, 0.25) is 0 Å². The topological polar surface area (TPSA) is 32.9 Å². The Balaban J connectivity index is 2.12. The fourth-order valence-corrected chi connectivity index (χ4v) is 3.56. The van der Waals surface area contributed by atoms with Crippen molar-refractivity contribution in [2.75, 3.05) is 0 Å². The lowest BCUT2D eigenvalue weighted by molar-refractivity contribution is 0.104. The van der Waals surface area contributed by atoms with Gasteiger partial charge in [0.05, 0.1) is 2.88 Å². The molecule has 2 heterocycles. The highest BCUT2D eigenvalue weighted by atomic mass is 127. The van der Waals surface area contributed by atoms with Crippen molar-refractivity contribution in [3.63, 3.8) is 0 Å². The van der Waals surface area contributed by atoms with Gasteiger partial charge in [0.25, 0.3) is 0 Å². The third-order valence-electron chi connectivity index (χ3n) is 2.72. The Kier molecular flexibility index (Phi) is 3.29. The smallest absolute Gasteiger partial charge is 0.196 e. The molecule has 0 aliphatic rings. The number of H-pyrrole nitrogens is 1. The number of carbonyl (C=O) groups excluding carboxylic acids is 1. The van der Waals surface area contributed by atoms with Gasteiger partial charge in [-0.1, -0.05) is 22.0 Å². The predicted molar refractivity (Wildman–Crippen MR) is 86.5 cm³/mol. The standard InChI is InChI=1S/C13H7BrINOS/c14-8-1-2-9-10(5-16-11(9)4-8)13(17)7-3-12(15)18-6-7/h1-6,16H. The van der Waals surface area contributed by atoms with Gasteiger partial charge < -0.3 is 4.98 Å². The Hall–Kier alpha value is -0.660. The van der Waals surface area contributed by atoms with Crippen LogP contribution in [0.4, 0.5) is 0 Å². The predicted octanol–water partition coefficient (Wildman–Crippen LogP) is 4.83. The number of hydrogen-bond acceptors (Lipinski definition) is 2. The molecule has 90 valence electrons. The maximum Gasteiger partial charge on any atom is 0.196 e. The molecule has 0 aliphatic heterocycles. The summed E-state index contributed by atoms with van der Waals surface area (Å²) in [5.74, 6) is 0.0720. The number of nitrogens with one attached hydrogen (secondary N) is 1. The van der Waals surface area contributed by atoms with Crippen molar-refractivity contribution in [1.29, 1.82) is 0 Å². The number of hydrogen-bond donors (Lipinski definition) is 1. The summed E-state index contributed by atoms with van der Waals surface area (Å²) in [7, 11) is 0. The zero-order chi connectivity index (χ0) is 12.7. The molecule has 3 rings (SSSR count). The van der Waals surface area contributed by atoms with Crippen molar-refractivity contribution in [3.8, 4) is 0 Å². The number of benzene rings is 1. The minimum atomic E-state index is 0.0720. The van der Waals surface area contributed by atoms with Crippen LogP contribution in [-0.2, 0) is 0 Å². The quantitative estimate of drug-likeness (QED) is 0.457. The van der Waals surface area contributed by atoms with Crippen molar-refractivity contribution in [2.45, 2.75) is 0 Å². The number of rotatable bonds is 2. The molecule has 0 aliphatic carbocycles. The Morgan fingerprint density at radius 3 is 2.89 bits per heavy atom. The average molecular weight is 432 g/mol. The zero-order valence-electron chi connectivity index (χ0n) is 9.04. The molecule has 0 saturated carbocycles. The molecule has 0 amide bonds. The molecule has 5 heteroatoms. The monoisotopic (exact) mass is 431 g/mol. The maximum absolute atomic E-state index is 12.4. The van der Waals surface area contributed by atoms with Gasteiger partial charge in [-0.05, 0) is 40.8 Å². The van der Waals surface area contributed by atoms with Crippen LogP contribution in [0.1, 0.15) is 15.9 Å². The lowest BCUT2D eigenvalue weighted by Gasteiger charge is -1.96. The first-order valence-electron chi connectivity index (χ1n) is 5.20. The molecule has 0 bridgehead atoms. The van der Waals surface area contributed by atoms with Crippen LogP contribution in [0.15, 0.2) is 40.3 Å². The third-order valence-corrected chi connectivity index (χ3v) is 5.00. The highest BCUT2D eigenvalue weighted by molar-refractivity contribution is 14.1.